The Balaban J connectivity index is 1.63. The van der Waals surface area contributed by atoms with Crippen LogP contribution in [-0.2, 0) is 0 Å². The van der Waals surface area contributed by atoms with Gasteiger partial charge in [0, 0.05) is 6.42 Å². The number of allylic oxidation sites excluding steroid dienone is 1. The fourth-order valence-electron chi connectivity index (χ4n) is 3.16. The number of para-hydroxylation sites is 1. The molecule has 4 heteroatoms. The summed E-state index contributed by atoms with van der Waals surface area (Å²) in [5.41, 5.74) is 3.82. The standard InChI is InChI=1S/C23H18F2N2/c24-19-11-6-17(7-12-19)8-15-21-16-23(18-9-13-20(25)14-10-18)27(26-21)22-4-2-1-3-5-22/h1-15,23H,16H2/b15-8+/t23-/m1/s1. The van der Waals surface area contributed by atoms with E-state index in [0.29, 0.717) is 6.42 Å². The summed E-state index contributed by atoms with van der Waals surface area (Å²) in [4.78, 5) is 0. The molecule has 0 radical (unpaired) electrons. The predicted molar refractivity (Wildman–Crippen MR) is 106 cm³/mol. The minimum Gasteiger partial charge on any atom is -0.257 e. The highest BCUT2D eigenvalue weighted by atomic mass is 19.1. The van der Waals surface area contributed by atoms with Crippen LogP contribution < -0.4 is 5.01 Å². The predicted octanol–water partition coefficient (Wildman–Crippen LogP) is 5.99. The number of nitrogens with zero attached hydrogens (tertiary/aromatic N) is 2. The van der Waals surface area contributed by atoms with Gasteiger partial charge in [-0.1, -0.05) is 48.5 Å². The summed E-state index contributed by atoms with van der Waals surface area (Å²) in [6, 6.07) is 22.8. The Bertz CT molecular complexity index is 962. The zero-order valence-electron chi connectivity index (χ0n) is 14.6. The number of benzene rings is 3. The van der Waals surface area contributed by atoms with Crippen molar-refractivity contribution in [3.05, 3.63) is 108 Å². The van der Waals surface area contributed by atoms with E-state index in [2.05, 4.69) is 0 Å². The minimum atomic E-state index is -0.253. The number of hydrazone groups is 1. The zero-order valence-corrected chi connectivity index (χ0v) is 14.6. The highest BCUT2D eigenvalue weighted by Crippen LogP contribution is 2.35. The summed E-state index contributed by atoms with van der Waals surface area (Å²) >= 11 is 0. The van der Waals surface area contributed by atoms with Gasteiger partial charge in [-0.05, 0) is 53.6 Å². The smallest absolute Gasteiger partial charge is 0.123 e. The molecule has 0 aromatic heterocycles. The highest BCUT2D eigenvalue weighted by molar-refractivity contribution is 6.01. The minimum absolute atomic E-state index is 0.000804. The average molecular weight is 360 g/mol. The Labute approximate surface area is 157 Å². The Morgan fingerprint density at radius 3 is 2.07 bits per heavy atom. The van der Waals surface area contributed by atoms with Crippen LogP contribution in [0.3, 0.4) is 0 Å². The number of halogens is 2. The lowest BCUT2D eigenvalue weighted by Crippen LogP contribution is -2.18. The number of hydrogen-bond acceptors (Lipinski definition) is 2. The Kier molecular flexibility index (Phi) is 4.79. The van der Waals surface area contributed by atoms with Crippen molar-refractivity contribution in [3.8, 4) is 0 Å². The first-order valence-corrected chi connectivity index (χ1v) is 8.80. The van der Waals surface area contributed by atoms with Crippen LogP contribution in [-0.4, -0.2) is 5.71 Å². The third-order valence-corrected chi connectivity index (χ3v) is 4.55. The topological polar surface area (TPSA) is 15.6 Å². The van der Waals surface area contributed by atoms with E-state index in [1.54, 1.807) is 24.3 Å². The maximum atomic E-state index is 13.3. The molecule has 0 saturated carbocycles. The van der Waals surface area contributed by atoms with Gasteiger partial charge in [0.15, 0.2) is 0 Å². The summed E-state index contributed by atoms with van der Waals surface area (Å²) in [6.07, 6.45) is 4.58. The molecule has 3 aromatic carbocycles. The van der Waals surface area contributed by atoms with Crippen molar-refractivity contribution in [2.24, 2.45) is 5.10 Å². The van der Waals surface area contributed by atoms with E-state index in [1.165, 1.54) is 24.3 Å². The van der Waals surface area contributed by atoms with Crippen molar-refractivity contribution >= 4 is 17.5 Å². The van der Waals surface area contributed by atoms with Crippen molar-refractivity contribution in [2.75, 3.05) is 5.01 Å². The summed E-state index contributed by atoms with van der Waals surface area (Å²) in [7, 11) is 0. The molecule has 0 unspecified atom stereocenters. The summed E-state index contributed by atoms with van der Waals surface area (Å²) in [6.45, 7) is 0. The van der Waals surface area contributed by atoms with Crippen molar-refractivity contribution in [1.29, 1.82) is 0 Å². The molecule has 27 heavy (non-hydrogen) atoms. The van der Waals surface area contributed by atoms with E-state index in [-0.39, 0.29) is 17.7 Å². The van der Waals surface area contributed by atoms with Gasteiger partial charge in [-0.2, -0.15) is 5.10 Å². The van der Waals surface area contributed by atoms with Crippen molar-refractivity contribution < 1.29 is 8.78 Å². The molecule has 0 fully saturated rings. The van der Waals surface area contributed by atoms with Gasteiger partial charge in [0.25, 0.3) is 0 Å². The van der Waals surface area contributed by atoms with Crippen LogP contribution in [0.2, 0.25) is 0 Å². The molecule has 0 amide bonds. The van der Waals surface area contributed by atoms with Gasteiger partial charge in [0.1, 0.15) is 11.6 Å². The largest absolute Gasteiger partial charge is 0.257 e. The molecular formula is C23H18F2N2. The zero-order chi connectivity index (χ0) is 18.6. The highest BCUT2D eigenvalue weighted by Gasteiger charge is 2.28. The maximum absolute atomic E-state index is 13.3. The molecule has 1 aliphatic rings. The first-order chi connectivity index (χ1) is 13.2. The SMILES string of the molecule is Fc1ccc(/C=C/C2=NN(c3ccccc3)[C@@H](c3ccc(F)cc3)C2)cc1. The van der Waals surface area contributed by atoms with Gasteiger partial charge in [0.2, 0.25) is 0 Å². The number of rotatable bonds is 4. The fourth-order valence-corrected chi connectivity index (χ4v) is 3.16. The van der Waals surface area contributed by atoms with Gasteiger partial charge in [-0.25, -0.2) is 8.78 Å². The Hall–Kier alpha value is -3.27. The molecule has 4 rings (SSSR count). The van der Waals surface area contributed by atoms with Crippen LogP contribution in [0.25, 0.3) is 6.08 Å². The quantitative estimate of drug-likeness (QED) is 0.558. The molecular weight excluding hydrogens is 342 g/mol. The van der Waals surface area contributed by atoms with Crippen molar-refractivity contribution in [1.82, 2.24) is 0 Å². The van der Waals surface area contributed by atoms with Crippen LogP contribution in [0.4, 0.5) is 14.5 Å². The molecule has 0 bridgehead atoms. The molecule has 0 N–H and O–H groups in total. The van der Waals surface area contributed by atoms with Crippen LogP contribution in [0.5, 0.6) is 0 Å². The molecule has 0 saturated heterocycles. The molecule has 0 aliphatic carbocycles. The molecule has 1 heterocycles. The average Bonchev–Trinajstić information content (AvgIpc) is 3.13. The molecule has 1 aliphatic heterocycles. The molecule has 1 atom stereocenters. The first-order valence-electron chi connectivity index (χ1n) is 8.80. The lowest BCUT2D eigenvalue weighted by molar-refractivity contribution is 0.624. The van der Waals surface area contributed by atoms with Gasteiger partial charge >= 0.3 is 0 Å². The van der Waals surface area contributed by atoms with Crippen molar-refractivity contribution in [3.63, 3.8) is 0 Å². The third kappa shape index (κ3) is 3.95. The monoisotopic (exact) mass is 360 g/mol. The van der Waals surface area contributed by atoms with E-state index >= 15 is 0 Å². The fraction of sp³-hybridized carbons (Fsp3) is 0.0870. The normalized spacial score (nSPS) is 16.7. The molecule has 2 nitrogen and oxygen atoms in total. The van der Waals surface area contributed by atoms with Gasteiger partial charge < -0.3 is 0 Å². The lowest BCUT2D eigenvalue weighted by Gasteiger charge is -2.23. The second kappa shape index (κ2) is 7.54. The number of anilines is 1. The Morgan fingerprint density at radius 1 is 0.778 bits per heavy atom. The maximum Gasteiger partial charge on any atom is 0.123 e. The first kappa shape index (κ1) is 17.2. The van der Waals surface area contributed by atoms with Crippen LogP contribution in [0, 0.1) is 11.6 Å². The van der Waals surface area contributed by atoms with Gasteiger partial charge in [0.05, 0.1) is 17.4 Å². The van der Waals surface area contributed by atoms with E-state index in [1.807, 2.05) is 47.5 Å². The second-order valence-electron chi connectivity index (χ2n) is 6.43. The molecule has 0 spiro atoms. The van der Waals surface area contributed by atoms with E-state index in [4.69, 9.17) is 5.10 Å². The van der Waals surface area contributed by atoms with E-state index < -0.39 is 0 Å². The third-order valence-electron chi connectivity index (χ3n) is 4.55. The molecule has 3 aromatic rings. The van der Waals surface area contributed by atoms with Crippen molar-refractivity contribution in [2.45, 2.75) is 12.5 Å². The summed E-state index contributed by atoms with van der Waals surface area (Å²) in [5.74, 6) is -0.502. The summed E-state index contributed by atoms with van der Waals surface area (Å²) < 4.78 is 26.4. The lowest BCUT2D eigenvalue weighted by atomic mass is 10.0. The number of hydrogen-bond donors (Lipinski definition) is 0. The van der Waals surface area contributed by atoms with E-state index in [9.17, 15) is 8.78 Å². The van der Waals surface area contributed by atoms with Crippen LogP contribution >= 0.6 is 0 Å². The van der Waals surface area contributed by atoms with Gasteiger partial charge in [-0.3, -0.25) is 5.01 Å². The summed E-state index contributed by atoms with van der Waals surface area (Å²) in [5, 5.41) is 6.74. The Morgan fingerprint density at radius 2 is 1.41 bits per heavy atom. The van der Waals surface area contributed by atoms with E-state index in [0.717, 1.165) is 22.5 Å². The second-order valence-corrected chi connectivity index (χ2v) is 6.43. The van der Waals surface area contributed by atoms with Crippen LogP contribution in [0.1, 0.15) is 23.6 Å². The van der Waals surface area contributed by atoms with Gasteiger partial charge in [-0.15, -0.1) is 0 Å². The molecule has 134 valence electrons. The van der Waals surface area contributed by atoms with Crippen LogP contribution in [0.15, 0.2) is 90.0 Å².